The second-order valence-corrected chi connectivity index (χ2v) is 12.3. The van der Waals surface area contributed by atoms with E-state index >= 15 is 0 Å². The number of fused-ring (bicyclic) bond motifs is 1. The highest BCUT2D eigenvalue weighted by atomic mass is 32.2. The maximum Gasteiger partial charge on any atom is 0.342 e. The topological polar surface area (TPSA) is 84.8 Å². The summed E-state index contributed by atoms with van der Waals surface area (Å²) in [7, 11) is -3.90. The highest BCUT2D eigenvalue weighted by Gasteiger charge is 2.53. The lowest BCUT2D eigenvalue weighted by Crippen LogP contribution is -2.55. The third-order valence-electron chi connectivity index (χ3n) is 6.87. The Kier molecular flexibility index (Phi) is 7.85. The van der Waals surface area contributed by atoms with Crippen LogP contribution in [0.1, 0.15) is 70.9 Å². The highest BCUT2D eigenvalue weighted by Crippen LogP contribution is 2.36. The minimum atomic E-state index is -3.90. The summed E-state index contributed by atoms with van der Waals surface area (Å²) in [6.45, 7) is 10.1. The molecule has 3 aromatic rings. The monoisotopic (exact) mass is 520 g/mol. The molecule has 6 nitrogen and oxygen atoms in total. The van der Waals surface area contributed by atoms with Gasteiger partial charge in [-0.05, 0) is 65.3 Å². The molecule has 0 bridgehead atoms. The molecule has 1 heterocycles. The average molecular weight is 521 g/mol. The van der Waals surface area contributed by atoms with Gasteiger partial charge in [0.05, 0.1) is 10.9 Å². The number of nitrogens with zero attached hydrogens (tertiary/aromatic N) is 1. The Morgan fingerprint density at radius 1 is 0.946 bits per heavy atom. The molecule has 0 saturated heterocycles. The van der Waals surface area contributed by atoms with Crippen molar-refractivity contribution in [1.82, 2.24) is 4.72 Å². The summed E-state index contributed by atoms with van der Waals surface area (Å²) in [6.07, 6.45) is 1.48. The number of cyclic esters (lactones) is 1. The summed E-state index contributed by atoms with van der Waals surface area (Å²) in [6, 6.07) is 19.9. The molecule has 0 spiro atoms. The molecule has 0 fully saturated rings. The van der Waals surface area contributed by atoms with Crippen LogP contribution in [0.4, 0.5) is 0 Å². The van der Waals surface area contributed by atoms with E-state index in [2.05, 4.69) is 18.6 Å². The van der Waals surface area contributed by atoms with Gasteiger partial charge in [-0.25, -0.2) is 22.9 Å². The van der Waals surface area contributed by atoms with Crippen LogP contribution in [0.5, 0.6) is 0 Å². The fraction of sp³-hybridized carbons (Fsp3) is 0.400. The van der Waals surface area contributed by atoms with Gasteiger partial charge in [-0.3, -0.25) is 0 Å². The highest BCUT2D eigenvalue weighted by molar-refractivity contribution is 7.89. The van der Waals surface area contributed by atoms with Gasteiger partial charge in [0.15, 0.2) is 5.54 Å². The lowest BCUT2D eigenvalue weighted by atomic mass is 9.81. The molecule has 37 heavy (non-hydrogen) atoms. The fourth-order valence-corrected chi connectivity index (χ4v) is 6.27. The number of benzene rings is 3. The number of carbonyl (C=O) groups excluding carboxylic acids is 1. The molecule has 3 aromatic carbocycles. The number of rotatable bonds is 10. The molecule has 0 amide bonds. The van der Waals surface area contributed by atoms with E-state index in [0.29, 0.717) is 30.7 Å². The van der Waals surface area contributed by atoms with E-state index in [1.165, 1.54) is 0 Å². The van der Waals surface area contributed by atoms with Gasteiger partial charge >= 0.3 is 5.97 Å². The normalized spacial score (nSPS) is 18.9. The number of hydrogen-bond donors (Lipinski definition) is 1. The Morgan fingerprint density at radius 2 is 1.62 bits per heavy atom. The smallest absolute Gasteiger partial charge is 0.342 e. The molecule has 4 rings (SSSR count). The Morgan fingerprint density at radius 3 is 2.24 bits per heavy atom. The predicted molar refractivity (Wildman–Crippen MR) is 148 cm³/mol. The molecule has 0 unspecified atom stereocenters. The van der Waals surface area contributed by atoms with Gasteiger partial charge in [0.2, 0.25) is 15.9 Å². The van der Waals surface area contributed by atoms with E-state index in [0.717, 1.165) is 16.3 Å². The molecule has 0 radical (unpaired) electrons. The van der Waals surface area contributed by atoms with Gasteiger partial charge in [0.1, 0.15) is 0 Å². The number of carbonyl (C=O) groups is 1. The lowest BCUT2D eigenvalue weighted by Gasteiger charge is -2.33. The van der Waals surface area contributed by atoms with Crippen molar-refractivity contribution >= 4 is 32.7 Å². The lowest BCUT2D eigenvalue weighted by molar-refractivity contribution is -0.140. The van der Waals surface area contributed by atoms with Crippen LogP contribution < -0.4 is 4.72 Å². The Hall–Kier alpha value is -3.03. The SMILES string of the molecule is CCC[C@H](NS(=O)(=O)c1ccc(C(C)C)cc1)[C@]1(CC(C)C)N=C(c2ccc3ccccc3c2)OC1=O. The second kappa shape index (κ2) is 10.8. The first kappa shape index (κ1) is 27.0. The number of esters is 1. The maximum absolute atomic E-state index is 13.6. The zero-order valence-electron chi connectivity index (χ0n) is 22.2. The van der Waals surface area contributed by atoms with Gasteiger partial charge in [-0.2, -0.15) is 0 Å². The van der Waals surface area contributed by atoms with Gasteiger partial charge in [0, 0.05) is 5.56 Å². The fourth-order valence-electron chi connectivity index (χ4n) is 4.96. The maximum atomic E-state index is 13.6. The van der Waals surface area contributed by atoms with Gasteiger partial charge < -0.3 is 4.74 Å². The van der Waals surface area contributed by atoms with Gasteiger partial charge in [0.25, 0.3) is 0 Å². The average Bonchev–Trinajstić information content (AvgIpc) is 3.19. The van der Waals surface area contributed by atoms with Crippen molar-refractivity contribution in [1.29, 1.82) is 0 Å². The van der Waals surface area contributed by atoms with Crippen molar-refractivity contribution in [2.75, 3.05) is 0 Å². The van der Waals surface area contributed by atoms with Crippen LogP contribution in [-0.2, 0) is 19.6 Å². The zero-order chi connectivity index (χ0) is 26.8. The van der Waals surface area contributed by atoms with E-state index in [4.69, 9.17) is 9.73 Å². The Labute approximate surface area is 220 Å². The molecule has 0 aromatic heterocycles. The number of sulfonamides is 1. The Balaban J connectivity index is 1.74. The summed E-state index contributed by atoms with van der Waals surface area (Å²) in [5.74, 6) is 0.100. The molecular formula is C30H36N2O4S. The molecule has 0 saturated carbocycles. The van der Waals surface area contributed by atoms with Crippen molar-refractivity contribution < 1.29 is 17.9 Å². The van der Waals surface area contributed by atoms with Crippen LogP contribution in [0.3, 0.4) is 0 Å². The zero-order valence-corrected chi connectivity index (χ0v) is 23.0. The van der Waals surface area contributed by atoms with Gasteiger partial charge in [-0.1, -0.05) is 83.5 Å². The Bertz CT molecular complexity index is 1410. The minimum absolute atomic E-state index is 0.0847. The van der Waals surface area contributed by atoms with Crippen LogP contribution >= 0.6 is 0 Å². The molecular weight excluding hydrogens is 484 g/mol. The minimum Gasteiger partial charge on any atom is -0.405 e. The summed E-state index contributed by atoms with van der Waals surface area (Å²) in [5, 5.41) is 2.08. The van der Waals surface area contributed by atoms with Crippen molar-refractivity contribution in [3.63, 3.8) is 0 Å². The van der Waals surface area contributed by atoms with Crippen LogP contribution in [0.15, 0.2) is 76.6 Å². The third-order valence-corrected chi connectivity index (χ3v) is 8.36. The van der Waals surface area contributed by atoms with E-state index in [1.54, 1.807) is 12.1 Å². The van der Waals surface area contributed by atoms with E-state index in [-0.39, 0.29) is 16.7 Å². The number of hydrogen-bond acceptors (Lipinski definition) is 5. The van der Waals surface area contributed by atoms with Crippen molar-refractivity contribution in [2.24, 2.45) is 10.9 Å². The second-order valence-electron chi connectivity index (χ2n) is 10.6. The summed E-state index contributed by atoms with van der Waals surface area (Å²) >= 11 is 0. The molecule has 1 N–H and O–H groups in total. The van der Waals surface area contributed by atoms with E-state index < -0.39 is 27.6 Å². The summed E-state index contributed by atoms with van der Waals surface area (Å²) in [4.78, 5) is 18.6. The molecule has 0 aliphatic carbocycles. The first-order chi connectivity index (χ1) is 17.6. The van der Waals surface area contributed by atoms with Crippen LogP contribution in [0.25, 0.3) is 10.8 Å². The molecule has 196 valence electrons. The van der Waals surface area contributed by atoms with Crippen molar-refractivity contribution in [3.8, 4) is 0 Å². The number of nitrogens with one attached hydrogen (secondary N) is 1. The summed E-state index contributed by atoms with van der Waals surface area (Å²) < 4.78 is 35.6. The predicted octanol–water partition coefficient (Wildman–Crippen LogP) is 6.20. The first-order valence-corrected chi connectivity index (χ1v) is 14.5. The van der Waals surface area contributed by atoms with Crippen LogP contribution in [-0.4, -0.2) is 31.9 Å². The molecule has 1 aliphatic heterocycles. The summed E-state index contributed by atoms with van der Waals surface area (Å²) in [5.41, 5.74) is 0.403. The van der Waals surface area contributed by atoms with E-state index in [9.17, 15) is 13.2 Å². The van der Waals surface area contributed by atoms with Crippen molar-refractivity contribution in [2.45, 2.75) is 76.3 Å². The quantitative estimate of drug-likeness (QED) is 0.323. The number of ether oxygens (including phenoxy) is 1. The first-order valence-electron chi connectivity index (χ1n) is 13.0. The standard InChI is InChI=1S/C30H36N2O4S/c1-6-9-27(32-37(34,35)26-16-14-22(15-17-26)21(4)5)30(19-20(2)3)29(33)36-28(31-30)25-13-12-23-10-7-8-11-24(23)18-25/h7-8,10-18,20-21,27,32H,6,9,19H2,1-5H3/t27-,30-/m0/s1. The van der Waals surface area contributed by atoms with Crippen molar-refractivity contribution in [3.05, 3.63) is 77.9 Å². The van der Waals surface area contributed by atoms with Crippen LogP contribution in [0.2, 0.25) is 0 Å². The molecule has 1 aliphatic rings. The molecule has 2 atom stereocenters. The number of aliphatic imine (C=N–C) groups is 1. The largest absolute Gasteiger partial charge is 0.405 e. The van der Waals surface area contributed by atoms with Crippen LogP contribution in [0, 0.1) is 5.92 Å². The van der Waals surface area contributed by atoms with E-state index in [1.807, 2.05) is 75.4 Å². The molecule has 7 heteroatoms. The third kappa shape index (κ3) is 5.63. The van der Waals surface area contributed by atoms with Gasteiger partial charge in [-0.15, -0.1) is 0 Å².